The van der Waals surface area contributed by atoms with Crippen LogP contribution in [0, 0.1) is 34.5 Å². The SMILES string of the molecule is COC(=O)c1sc(C#CC2(C)CC2)cc1Br.COC(=O)c1sc(C#CC2(C)CC2)cc1NCC(=O)N1CCOCC1.NCC(=O)N1CCOCC1. The van der Waals surface area contributed by atoms with E-state index in [-0.39, 0.29) is 41.7 Å². The van der Waals surface area contributed by atoms with Crippen LogP contribution in [0.3, 0.4) is 0 Å². The fourth-order valence-electron chi connectivity index (χ4n) is 4.58. The Labute approximate surface area is 315 Å². The largest absolute Gasteiger partial charge is 0.465 e. The van der Waals surface area contributed by atoms with Crippen LogP contribution in [0.25, 0.3) is 0 Å². The second-order valence-electron chi connectivity index (χ2n) is 12.8. The summed E-state index contributed by atoms with van der Waals surface area (Å²) < 4.78 is 20.6. The van der Waals surface area contributed by atoms with E-state index in [9.17, 15) is 19.2 Å². The lowest BCUT2D eigenvalue weighted by atomic mass is 10.1. The third-order valence-corrected chi connectivity index (χ3v) is 11.4. The first-order valence-corrected chi connectivity index (χ1v) is 19.1. The topological polar surface area (TPSA) is 150 Å². The van der Waals surface area contributed by atoms with E-state index >= 15 is 0 Å². The van der Waals surface area contributed by atoms with Crippen molar-refractivity contribution in [1.82, 2.24) is 9.80 Å². The summed E-state index contributed by atoms with van der Waals surface area (Å²) in [5, 5.41) is 3.07. The number of ether oxygens (including phenoxy) is 4. The minimum Gasteiger partial charge on any atom is -0.465 e. The molecule has 0 radical (unpaired) electrons. The molecule has 2 aromatic heterocycles. The van der Waals surface area contributed by atoms with Crippen LogP contribution < -0.4 is 11.1 Å². The first-order chi connectivity index (χ1) is 24.4. The molecule has 0 bridgehead atoms. The van der Waals surface area contributed by atoms with E-state index in [2.05, 4.69) is 63.5 Å². The molecule has 4 fully saturated rings. The average molecular weight is 806 g/mol. The molecule has 0 spiro atoms. The van der Waals surface area contributed by atoms with Crippen molar-refractivity contribution in [3.8, 4) is 23.7 Å². The number of carbonyl (C=O) groups excluding carboxylic acids is 4. The predicted molar refractivity (Wildman–Crippen MR) is 200 cm³/mol. The van der Waals surface area contributed by atoms with Crippen molar-refractivity contribution < 1.29 is 38.1 Å². The highest BCUT2D eigenvalue weighted by atomic mass is 79.9. The van der Waals surface area contributed by atoms with E-state index in [0.29, 0.717) is 68.0 Å². The van der Waals surface area contributed by atoms with Crippen molar-refractivity contribution in [3.63, 3.8) is 0 Å². The van der Waals surface area contributed by atoms with E-state index in [4.69, 9.17) is 19.9 Å². The molecule has 12 nitrogen and oxygen atoms in total. The highest BCUT2D eigenvalue weighted by Crippen LogP contribution is 2.45. The summed E-state index contributed by atoms with van der Waals surface area (Å²) in [4.78, 5) is 52.8. The van der Waals surface area contributed by atoms with Crippen molar-refractivity contribution in [1.29, 1.82) is 0 Å². The number of hydrogen-bond acceptors (Lipinski definition) is 12. The third-order valence-electron chi connectivity index (χ3n) is 8.47. The number of methoxy groups -OCH3 is 2. The Balaban J connectivity index is 0.000000191. The number of rotatable bonds is 6. The van der Waals surface area contributed by atoms with Crippen LogP contribution in [0.1, 0.15) is 68.6 Å². The molecule has 6 rings (SSSR count). The van der Waals surface area contributed by atoms with Crippen LogP contribution >= 0.6 is 38.6 Å². The van der Waals surface area contributed by atoms with Gasteiger partial charge >= 0.3 is 11.9 Å². The van der Waals surface area contributed by atoms with Gasteiger partial charge in [-0.2, -0.15) is 0 Å². The van der Waals surface area contributed by atoms with Gasteiger partial charge in [-0.3, -0.25) is 9.59 Å². The molecule has 15 heteroatoms. The molecule has 51 heavy (non-hydrogen) atoms. The smallest absolute Gasteiger partial charge is 0.350 e. The number of nitrogens with one attached hydrogen (secondary N) is 1. The summed E-state index contributed by atoms with van der Waals surface area (Å²) in [6.45, 7) is 9.53. The zero-order chi connectivity index (χ0) is 37.0. The lowest BCUT2D eigenvalue weighted by Gasteiger charge is -2.27. The Hall–Kier alpha value is -3.44. The Morgan fingerprint density at radius 1 is 0.804 bits per heavy atom. The third kappa shape index (κ3) is 12.6. The van der Waals surface area contributed by atoms with Crippen molar-refractivity contribution in [2.45, 2.75) is 39.5 Å². The minimum absolute atomic E-state index is 0.0107. The molecule has 4 heterocycles. The second-order valence-corrected chi connectivity index (χ2v) is 15.7. The number of hydrogen-bond donors (Lipinski definition) is 2. The molecule has 0 aromatic carbocycles. The number of morpholine rings is 2. The summed E-state index contributed by atoms with van der Waals surface area (Å²) in [5.41, 5.74) is 6.10. The molecule has 2 aliphatic heterocycles. The molecule has 2 aromatic rings. The van der Waals surface area contributed by atoms with Gasteiger partial charge in [0.2, 0.25) is 11.8 Å². The molecular formula is C36H45BrN4O8S2. The summed E-state index contributed by atoms with van der Waals surface area (Å²) in [7, 11) is 2.73. The number of nitrogens with zero attached hydrogens (tertiary/aromatic N) is 2. The standard InChI is InChI=1S/C18H22N2O4S.C12H11BrO2S.C6H12N2O2/c1-18(5-6-18)4-3-13-11-14(16(25-13)17(22)23-2)19-12-15(21)20-7-9-24-10-8-20;1-12(5-6-12)4-3-8-7-9(13)10(16-8)11(14)15-2;7-5-6(9)8-1-3-10-4-2-8/h11,19H,5-10,12H2,1-2H3;7H,5-6H2,1-2H3;1-5,7H2. The zero-order valence-electron chi connectivity index (χ0n) is 29.5. The Morgan fingerprint density at radius 3 is 1.73 bits per heavy atom. The summed E-state index contributed by atoms with van der Waals surface area (Å²) >= 11 is 5.99. The van der Waals surface area contributed by atoms with Crippen molar-refractivity contribution in [2.75, 3.05) is 85.2 Å². The van der Waals surface area contributed by atoms with Gasteiger partial charge in [-0.15, -0.1) is 22.7 Å². The molecule has 2 aliphatic carbocycles. The maximum Gasteiger partial charge on any atom is 0.350 e. The lowest BCUT2D eigenvalue weighted by molar-refractivity contribution is -0.134. The molecule has 2 amide bonds. The number of halogens is 1. The zero-order valence-corrected chi connectivity index (χ0v) is 32.7. The van der Waals surface area contributed by atoms with Crippen molar-refractivity contribution in [2.24, 2.45) is 16.6 Å². The molecular weight excluding hydrogens is 760 g/mol. The minimum atomic E-state index is -0.419. The maximum atomic E-state index is 12.3. The summed E-state index contributed by atoms with van der Waals surface area (Å²) in [5.74, 6) is 12.0. The second kappa shape index (κ2) is 18.9. The number of esters is 2. The molecule has 2 saturated heterocycles. The van der Waals surface area contributed by atoms with Gasteiger partial charge in [0, 0.05) is 41.5 Å². The van der Waals surface area contributed by atoms with Crippen molar-refractivity contribution >= 4 is 68.0 Å². The van der Waals surface area contributed by atoms with Gasteiger partial charge in [-0.25, -0.2) is 9.59 Å². The van der Waals surface area contributed by atoms with E-state index in [1.54, 1.807) is 9.80 Å². The van der Waals surface area contributed by atoms with Gasteiger partial charge in [0.05, 0.1) is 69.2 Å². The fourth-order valence-corrected chi connectivity index (χ4v) is 7.09. The van der Waals surface area contributed by atoms with Gasteiger partial charge in [0.25, 0.3) is 0 Å². The van der Waals surface area contributed by atoms with Gasteiger partial charge in [0.15, 0.2) is 0 Å². The van der Waals surface area contributed by atoms with Gasteiger partial charge in [0.1, 0.15) is 9.75 Å². The van der Waals surface area contributed by atoms with E-state index in [0.717, 1.165) is 27.1 Å². The van der Waals surface area contributed by atoms with Crippen molar-refractivity contribution in [3.05, 3.63) is 36.1 Å². The van der Waals surface area contributed by atoms with Gasteiger partial charge in [-0.05, 0) is 67.6 Å². The predicted octanol–water partition coefficient (Wildman–Crippen LogP) is 4.21. The number of amides is 2. The summed E-state index contributed by atoms with van der Waals surface area (Å²) in [6.07, 6.45) is 4.59. The maximum absolute atomic E-state index is 12.3. The molecule has 4 aliphatic rings. The Bertz CT molecular complexity index is 1680. The van der Waals surface area contributed by atoms with Gasteiger partial charge < -0.3 is 39.8 Å². The van der Waals surface area contributed by atoms with Crippen LogP contribution in [-0.2, 0) is 28.5 Å². The van der Waals surface area contributed by atoms with Crippen LogP contribution in [0.5, 0.6) is 0 Å². The number of thiophene rings is 2. The van der Waals surface area contributed by atoms with E-state index in [1.165, 1.54) is 49.7 Å². The normalized spacial score (nSPS) is 17.7. The fraction of sp³-hybridized carbons (Fsp3) is 0.556. The monoisotopic (exact) mass is 804 g/mol. The molecule has 0 atom stereocenters. The molecule has 0 unspecified atom stereocenters. The lowest BCUT2D eigenvalue weighted by Crippen LogP contribution is -2.43. The van der Waals surface area contributed by atoms with Crippen LogP contribution in [0.4, 0.5) is 5.69 Å². The Kier molecular flexibility index (Phi) is 14.9. The van der Waals surface area contributed by atoms with Crippen LogP contribution in [0.2, 0.25) is 0 Å². The number of anilines is 1. The summed E-state index contributed by atoms with van der Waals surface area (Å²) in [6, 6.07) is 3.69. The number of nitrogens with two attached hydrogens (primary N) is 1. The number of carbonyl (C=O) groups is 4. The van der Waals surface area contributed by atoms with E-state index in [1.807, 2.05) is 12.1 Å². The molecule has 2 saturated carbocycles. The average Bonchev–Trinajstić information content (AvgIpc) is 3.99. The van der Waals surface area contributed by atoms with Gasteiger partial charge in [-0.1, -0.05) is 23.7 Å². The quantitative estimate of drug-likeness (QED) is 0.322. The molecule has 276 valence electrons. The molecule has 3 N–H and O–H groups in total. The highest BCUT2D eigenvalue weighted by Gasteiger charge is 2.36. The first kappa shape index (κ1) is 40.3. The Morgan fingerprint density at radius 2 is 1.25 bits per heavy atom. The first-order valence-electron chi connectivity index (χ1n) is 16.7. The highest BCUT2D eigenvalue weighted by molar-refractivity contribution is 9.10. The van der Waals surface area contributed by atoms with E-state index < -0.39 is 5.97 Å². The van der Waals surface area contributed by atoms with Crippen LogP contribution in [0.15, 0.2) is 16.6 Å². The van der Waals surface area contributed by atoms with Crippen LogP contribution in [-0.4, -0.2) is 113 Å².